The molecule has 1 spiro atoms. The molecule has 1 saturated carbocycles. The van der Waals surface area contributed by atoms with E-state index < -0.39 is 11.7 Å². The number of nitrogens with two attached hydrogens (primary N) is 2. The smallest absolute Gasteiger partial charge is 0.258 e. The van der Waals surface area contributed by atoms with Gasteiger partial charge in [-0.1, -0.05) is 11.6 Å². The lowest BCUT2D eigenvalue weighted by atomic mass is 9.79. The van der Waals surface area contributed by atoms with E-state index in [1.165, 1.54) is 37.3 Å². The number of primary amides is 1. The Bertz CT molecular complexity index is 1070. The zero-order valence-electron chi connectivity index (χ0n) is 16.8. The summed E-state index contributed by atoms with van der Waals surface area (Å²) in [6.07, 6.45) is 3.47. The number of nitrogens with one attached hydrogen (secondary N) is 1. The molecule has 1 aromatic heterocycles. The highest BCUT2D eigenvalue weighted by molar-refractivity contribution is 6.34. The molecule has 158 valence electrons. The van der Waals surface area contributed by atoms with Crippen LogP contribution in [-0.4, -0.2) is 42.3 Å². The van der Waals surface area contributed by atoms with Crippen LogP contribution in [0.4, 0.5) is 15.9 Å². The first kappa shape index (κ1) is 20.4. The predicted octanol–water partition coefficient (Wildman–Crippen LogP) is 2.77. The Labute approximate surface area is 178 Å². The van der Waals surface area contributed by atoms with Crippen molar-refractivity contribution in [2.75, 3.05) is 31.7 Å². The number of anilines is 2. The van der Waals surface area contributed by atoms with Crippen LogP contribution < -0.4 is 16.8 Å². The minimum absolute atomic E-state index is 0.0541. The number of amides is 2. The maximum Gasteiger partial charge on any atom is 0.258 e. The van der Waals surface area contributed by atoms with E-state index in [4.69, 9.17) is 23.1 Å². The molecule has 0 unspecified atom stereocenters. The lowest BCUT2D eigenvalue weighted by Gasteiger charge is -2.25. The van der Waals surface area contributed by atoms with Crippen molar-refractivity contribution in [3.63, 3.8) is 0 Å². The van der Waals surface area contributed by atoms with E-state index in [9.17, 15) is 9.59 Å². The van der Waals surface area contributed by atoms with Gasteiger partial charge in [-0.2, -0.15) is 0 Å². The number of rotatable bonds is 3. The number of benzene rings is 1. The van der Waals surface area contributed by atoms with Crippen molar-refractivity contribution in [2.24, 2.45) is 11.7 Å². The molecule has 0 radical (unpaired) electrons. The zero-order valence-corrected chi connectivity index (χ0v) is 17.5. The Morgan fingerprint density at radius 2 is 2.07 bits per heavy atom. The molecule has 1 aliphatic carbocycles. The van der Waals surface area contributed by atoms with Gasteiger partial charge in [-0.3, -0.25) is 9.59 Å². The number of hydrogen-bond donors (Lipinski definition) is 3. The second kappa shape index (κ2) is 7.12. The molecule has 4 rings (SSSR count). The Morgan fingerprint density at radius 3 is 2.70 bits per heavy atom. The lowest BCUT2D eigenvalue weighted by molar-refractivity contribution is -0.121. The normalized spacial score (nSPS) is 22.1. The minimum atomic E-state index is -0.737. The van der Waals surface area contributed by atoms with E-state index in [1.807, 2.05) is 0 Å². The average molecular weight is 432 g/mol. The first-order chi connectivity index (χ1) is 14.2. The summed E-state index contributed by atoms with van der Waals surface area (Å²) in [6, 6.07) is 2.99. The Kier molecular flexibility index (Phi) is 4.85. The first-order valence-corrected chi connectivity index (χ1v) is 10.1. The molecule has 5 N–H and O–H groups in total. The Hall–Kier alpha value is -2.87. The van der Waals surface area contributed by atoms with Gasteiger partial charge in [0.2, 0.25) is 5.91 Å². The van der Waals surface area contributed by atoms with Crippen LogP contribution in [0.5, 0.6) is 0 Å². The topological polar surface area (TPSA) is 114 Å². The van der Waals surface area contributed by atoms with Gasteiger partial charge < -0.3 is 21.7 Å². The van der Waals surface area contributed by atoms with Gasteiger partial charge in [0.15, 0.2) is 0 Å². The fraction of sp³-hybridized carbons (Fsp3) is 0.381. The van der Waals surface area contributed by atoms with Crippen molar-refractivity contribution in [1.29, 1.82) is 0 Å². The summed E-state index contributed by atoms with van der Waals surface area (Å²) in [5, 5.41) is 3.62. The number of carbonyl (C=O) groups excluding carboxylic acids is 2. The van der Waals surface area contributed by atoms with Crippen LogP contribution in [0.2, 0.25) is 5.02 Å². The first-order valence-electron chi connectivity index (χ1n) is 9.68. The van der Waals surface area contributed by atoms with E-state index in [1.54, 1.807) is 0 Å². The maximum atomic E-state index is 15.4. The van der Waals surface area contributed by atoms with Crippen molar-refractivity contribution >= 4 is 34.9 Å². The van der Waals surface area contributed by atoms with E-state index >= 15 is 4.39 Å². The van der Waals surface area contributed by atoms with Crippen molar-refractivity contribution in [2.45, 2.75) is 24.7 Å². The molecule has 7 nitrogen and oxygen atoms in total. The molecule has 1 aromatic carbocycles. The van der Waals surface area contributed by atoms with Crippen LogP contribution in [-0.2, 0) is 10.2 Å². The van der Waals surface area contributed by atoms with Gasteiger partial charge >= 0.3 is 0 Å². The van der Waals surface area contributed by atoms with Crippen molar-refractivity contribution < 1.29 is 14.0 Å². The predicted molar refractivity (Wildman–Crippen MR) is 114 cm³/mol. The fourth-order valence-corrected chi connectivity index (χ4v) is 5.07. The fourth-order valence-electron chi connectivity index (χ4n) is 4.63. The van der Waals surface area contributed by atoms with Gasteiger partial charge in [0.05, 0.1) is 10.6 Å². The molecule has 2 aromatic rings. The van der Waals surface area contributed by atoms with E-state index in [2.05, 4.69) is 10.3 Å². The van der Waals surface area contributed by atoms with Crippen molar-refractivity contribution in [3.8, 4) is 11.1 Å². The molecule has 1 aliphatic heterocycles. The standard InChI is InChI=1S/C21H23ClFN5O2/c1-28(2)20(30)14-13(24)4-3-11(17(14)23)12-8-26-19-15(16(12)22)21(9-27-19)6-5-10(7-21)18(25)29/h3-4,8,10H,5-7,9,24H2,1-2H3,(H2,25,29)(H,26,27)/t10-,21-/m1/s1. The third-order valence-electron chi connectivity index (χ3n) is 6.24. The number of nitrogens with zero attached hydrogens (tertiary/aromatic N) is 2. The SMILES string of the molecule is CN(C)C(=O)c1c(N)ccc(-c2cnc3c(c2Cl)[C@@]2(CC[C@@H](C(N)=O)C2)CN3)c1F. The molecular formula is C21H23ClFN5O2. The van der Waals surface area contributed by atoms with Gasteiger partial charge in [-0.05, 0) is 31.4 Å². The number of nitrogen functional groups attached to an aromatic ring is 1. The van der Waals surface area contributed by atoms with Crippen LogP contribution in [0.15, 0.2) is 18.3 Å². The summed E-state index contributed by atoms with van der Waals surface area (Å²) in [6.45, 7) is 0.594. The molecule has 30 heavy (non-hydrogen) atoms. The quantitative estimate of drug-likeness (QED) is 0.646. The molecular weight excluding hydrogens is 409 g/mol. The summed E-state index contributed by atoms with van der Waals surface area (Å²) < 4.78 is 15.4. The summed E-state index contributed by atoms with van der Waals surface area (Å²) in [4.78, 5) is 29.9. The van der Waals surface area contributed by atoms with Crippen LogP contribution in [0.3, 0.4) is 0 Å². The number of halogens is 2. The van der Waals surface area contributed by atoms with Crippen LogP contribution in [0.25, 0.3) is 11.1 Å². The molecule has 9 heteroatoms. The highest BCUT2D eigenvalue weighted by Gasteiger charge is 2.48. The van der Waals surface area contributed by atoms with E-state index in [0.29, 0.717) is 35.8 Å². The molecule has 0 saturated heterocycles. The Morgan fingerprint density at radius 1 is 1.33 bits per heavy atom. The van der Waals surface area contributed by atoms with E-state index in [0.717, 1.165) is 12.0 Å². The summed E-state index contributed by atoms with van der Waals surface area (Å²) in [7, 11) is 3.06. The zero-order chi connectivity index (χ0) is 21.8. The van der Waals surface area contributed by atoms with Gasteiger partial charge in [0.25, 0.3) is 5.91 Å². The van der Waals surface area contributed by atoms with Crippen molar-refractivity contribution in [3.05, 3.63) is 40.3 Å². The van der Waals surface area contributed by atoms with Crippen LogP contribution in [0, 0.1) is 11.7 Å². The van der Waals surface area contributed by atoms with Crippen molar-refractivity contribution in [1.82, 2.24) is 9.88 Å². The third kappa shape index (κ3) is 2.98. The molecule has 1 fully saturated rings. The Balaban J connectivity index is 1.85. The second-order valence-electron chi connectivity index (χ2n) is 8.28. The monoisotopic (exact) mass is 431 g/mol. The maximum absolute atomic E-state index is 15.4. The number of fused-ring (bicyclic) bond motifs is 2. The minimum Gasteiger partial charge on any atom is -0.398 e. The van der Waals surface area contributed by atoms with Gasteiger partial charge in [0.1, 0.15) is 11.6 Å². The highest BCUT2D eigenvalue weighted by atomic mass is 35.5. The van der Waals surface area contributed by atoms with Crippen LogP contribution in [0.1, 0.15) is 35.2 Å². The molecule has 2 amide bonds. The highest BCUT2D eigenvalue weighted by Crippen LogP contribution is 2.53. The number of pyridine rings is 1. The number of aromatic nitrogens is 1. The third-order valence-corrected chi connectivity index (χ3v) is 6.63. The molecule has 2 aliphatic rings. The average Bonchev–Trinajstić information content (AvgIpc) is 3.28. The molecule has 0 bridgehead atoms. The lowest BCUT2D eigenvalue weighted by Crippen LogP contribution is -2.28. The van der Waals surface area contributed by atoms with E-state index in [-0.39, 0.29) is 34.1 Å². The van der Waals surface area contributed by atoms with Crippen LogP contribution >= 0.6 is 11.6 Å². The summed E-state index contributed by atoms with van der Waals surface area (Å²) in [5.74, 6) is -1.18. The number of carbonyl (C=O) groups is 2. The molecule has 2 atom stereocenters. The summed E-state index contributed by atoms with van der Waals surface area (Å²) >= 11 is 6.80. The second-order valence-corrected chi connectivity index (χ2v) is 8.65. The number of hydrogen-bond acceptors (Lipinski definition) is 5. The van der Waals surface area contributed by atoms with Gasteiger partial charge in [-0.15, -0.1) is 0 Å². The van der Waals surface area contributed by atoms with Gasteiger partial charge in [0, 0.05) is 60.5 Å². The molecule has 2 heterocycles. The van der Waals surface area contributed by atoms with Gasteiger partial charge in [-0.25, -0.2) is 9.37 Å². The largest absolute Gasteiger partial charge is 0.398 e. The summed E-state index contributed by atoms with van der Waals surface area (Å²) in [5.41, 5.74) is 12.2.